The van der Waals surface area contributed by atoms with Gasteiger partial charge in [0.1, 0.15) is 0 Å². The van der Waals surface area contributed by atoms with Crippen LogP contribution in [0.5, 0.6) is 0 Å². The Kier molecular flexibility index (Phi) is 4.02. The van der Waals surface area contributed by atoms with Gasteiger partial charge in [0.05, 0.1) is 0 Å². The Morgan fingerprint density at radius 3 is 2.53 bits per heavy atom. The molecule has 0 bridgehead atoms. The Labute approximate surface area is 88.5 Å². The Morgan fingerprint density at radius 1 is 1.47 bits per heavy atom. The van der Waals surface area contributed by atoms with E-state index in [0.29, 0.717) is 13.0 Å². The normalized spacial score (nSPS) is 29.7. The monoisotopic (exact) mass is 242 g/mol. The first-order chi connectivity index (χ1) is 6.89. The van der Waals surface area contributed by atoms with E-state index in [0.717, 1.165) is 10.7 Å². The highest BCUT2D eigenvalue weighted by Crippen LogP contribution is 2.26. The Morgan fingerprint density at radius 2 is 2.07 bits per heavy atom. The first-order valence-corrected chi connectivity index (χ1v) is 6.38. The van der Waals surface area contributed by atoms with Crippen LogP contribution in [0.4, 0.5) is 8.78 Å². The first kappa shape index (κ1) is 12.8. The van der Waals surface area contributed by atoms with Gasteiger partial charge in [-0.15, -0.1) is 0 Å². The third-order valence-electron chi connectivity index (χ3n) is 2.81. The summed E-state index contributed by atoms with van der Waals surface area (Å²) in [4.78, 5) is 0. The van der Waals surface area contributed by atoms with E-state index >= 15 is 0 Å². The molecule has 0 saturated carbocycles. The summed E-state index contributed by atoms with van der Waals surface area (Å²) in [6, 6.07) is -0.355. The number of hydrogen-bond donors (Lipinski definition) is 1. The Hall–Kier alpha value is -0.270. The van der Waals surface area contributed by atoms with Crippen molar-refractivity contribution in [2.45, 2.75) is 31.6 Å². The van der Waals surface area contributed by atoms with Crippen molar-refractivity contribution in [3.05, 3.63) is 0 Å². The fraction of sp³-hybridized carbons (Fsp3) is 1.00. The number of rotatable bonds is 3. The van der Waals surface area contributed by atoms with Crippen LogP contribution in [0.15, 0.2) is 0 Å². The molecule has 2 atom stereocenters. The number of hydrogen-bond acceptors (Lipinski definition) is 3. The van der Waals surface area contributed by atoms with Gasteiger partial charge in [-0.25, -0.2) is 8.42 Å². The molecule has 4 nitrogen and oxygen atoms in total. The van der Waals surface area contributed by atoms with Crippen molar-refractivity contribution in [3.8, 4) is 0 Å². The number of piperidine rings is 1. The lowest BCUT2D eigenvalue weighted by Gasteiger charge is -2.36. The number of halogens is 2. The van der Waals surface area contributed by atoms with Crippen molar-refractivity contribution in [2.75, 3.05) is 13.1 Å². The molecule has 1 heterocycles. The molecule has 2 N–H and O–H groups in total. The summed E-state index contributed by atoms with van der Waals surface area (Å²) in [5.41, 5.74) is 5.42. The molecule has 15 heavy (non-hydrogen) atoms. The SMILES string of the molecule is CC1CCC(CN)CN1S(=O)(=O)C(F)F. The third kappa shape index (κ3) is 2.64. The quantitative estimate of drug-likeness (QED) is 0.788. The van der Waals surface area contributed by atoms with E-state index in [9.17, 15) is 17.2 Å². The van der Waals surface area contributed by atoms with Crippen molar-refractivity contribution in [1.82, 2.24) is 4.31 Å². The second kappa shape index (κ2) is 4.71. The predicted molar refractivity (Wildman–Crippen MR) is 52.9 cm³/mol. The van der Waals surface area contributed by atoms with Gasteiger partial charge >= 0.3 is 5.76 Å². The average molecular weight is 242 g/mol. The molecule has 0 radical (unpaired) electrons. The molecule has 1 fully saturated rings. The van der Waals surface area contributed by atoms with E-state index < -0.39 is 15.8 Å². The van der Waals surface area contributed by atoms with Gasteiger partial charge in [-0.3, -0.25) is 0 Å². The van der Waals surface area contributed by atoms with Crippen LogP contribution in [0.25, 0.3) is 0 Å². The molecule has 1 aliphatic heterocycles. The Bertz CT molecular complexity index is 308. The van der Waals surface area contributed by atoms with E-state index in [2.05, 4.69) is 0 Å². The number of alkyl halides is 2. The van der Waals surface area contributed by atoms with Crippen LogP contribution >= 0.6 is 0 Å². The lowest BCUT2D eigenvalue weighted by molar-refractivity contribution is 0.175. The molecule has 7 heteroatoms. The fourth-order valence-corrected chi connectivity index (χ4v) is 3.03. The van der Waals surface area contributed by atoms with Crippen LogP contribution in [-0.4, -0.2) is 37.6 Å². The molecule has 0 amide bonds. The first-order valence-electron chi connectivity index (χ1n) is 4.88. The van der Waals surface area contributed by atoms with E-state index in [4.69, 9.17) is 5.73 Å². The molecule has 0 aromatic heterocycles. The number of nitrogens with zero attached hydrogens (tertiary/aromatic N) is 1. The summed E-state index contributed by atoms with van der Waals surface area (Å²) >= 11 is 0. The van der Waals surface area contributed by atoms with Gasteiger partial charge in [0.2, 0.25) is 0 Å². The molecule has 1 aliphatic rings. The van der Waals surface area contributed by atoms with Gasteiger partial charge in [-0.2, -0.15) is 13.1 Å². The fourth-order valence-electron chi connectivity index (χ4n) is 1.80. The van der Waals surface area contributed by atoms with Gasteiger partial charge in [0.15, 0.2) is 0 Å². The highest BCUT2D eigenvalue weighted by molar-refractivity contribution is 7.89. The zero-order valence-corrected chi connectivity index (χ0v) is 9.38. The van der Waals surface area contributed by atoms with Gasteiger partial charge < -0.3 is 5.73 Å². The minimum absolute atomic E-state index is 0.00488. The maximum atomic E-state index is 12.3. The second-order valence-corrected chi connectivity index (χ2v) is 5.76. The zero-order chi connectivity index (χ0) is 11.6. The van der Waals surface area contributed by atoms with Crippen LogP contribution in [0.1, 0.15) is 19.8 Å². The van der Waals surface area contributed by atoms with E-state index in [1.165, 1.54) is 0 Å². The highest BCUT2D eigenvalue weighted by Gasteiger charge is 2.38. The van der Waals surface area contributed by atoms with Crippen molar-refractivity contribution in [1.29, 1.82) is 0 Å². The molecule has 0 aromatic carbocycles. The minimum Gasteiger partial charge on any atom is -0.330 e. The Balaban J connectivity index is 2.83. The second-order valence-electron chi connectivity index (χ2n) is 3.90. The maximum absolute atomic E-state index is 12.3. The van der Waals surface area contributed by atoms with Crippen LogP contribution in [0.2, 0.25) is 0 Å². The maximum Gasteiger partial charge on any atom is 0.350 e. The summed E-state index contributed by atoms with van der Waals surface area (Å²) in [6.07, 6.45) is 1.39. The lowest BCUT2D eigenvalue weighted by Crippen LogP contribution is -2.48. The van der Waals surface area contributed by atoms with Crippen LogP contribution < -0.4 is 5.73 Å². The van der Waals surface area contributed by atoms with Gasteiger partial charge in [-0.05, 0) is 32.2 Å². The highest BCUT2D eigenvalue weighted by atomic mass is 32.2. The molecule has 1 rings (SSSR count). The van der Waals surface area contributed by atoms with Gasteiger partial charge in [-0.1, -0.05) is 0 Å². The van der Waals surface area contributed by atoms with Crippen LogP contribution in [0.3, 0.4) is 0 Å². The molecule has 0 aliphatic carbocycles. The van der Waals surface area contributed by atoms with Gasteiger partial charge in [0.25, 0.3) is 10.0 Å². The molecule has 1 saturated heterocycles. The van der Waals surface area contributed by atoms with Crippen LogP contribution in [0, 0.1) is 5.92 Å². The molecular weight excluding hydrogens is 226 g/mol. The average Bonchev–Trinajstić information content (AvgIpc) is 2.18. The third-order valence-corrected chi connectivity index (χ3v) is 4.42. The summed E-state index contributed by atoms with van der Waals surface area (Å²) in [5, 5.41) is 0. The number of sulfonamides is 1. The summed E-state index contributed by atoms with van der Waals surface area (Å²) in [7, 11) is -4.45. The van der Waals surface area contributed by atoms with E-state index in [1.54, 1.807) is 6.92 Å². The molecular formula is C8H16F2N2O2S. The van der Waals surface area contributed by atoms with Crippen molar-refractivity contribution < 1.29 is 17.2 Å². The van der Waals surface area contributed by atoms with Crippen LogP contribution in [-0.2, 0) is 10.0 Å². The molecule has 90 valence electrons. The van der Waals surface area contributed by atoms with Crippen molar-refractivity contribution >= 4 is 10.0 Å². The van der Waals surface area contributed by atoms with E-state index in [1.807, 2.05) is 0 Å². The standard InChI is InChI=1S/C8H16F2N2O2S/c1-6-2-3-7(4-11)5-12(6)15(13,14)8(9)10/h6-8H,2-5,11H2,1H3. The zero-order valence-electron chi connectivity index (χ0n) is 8.57. The largest absolute Gasteiger partial charge is 0.350 e. The topological polar surface area (TPSA) is 63.4 Å². The van der Waals surface area contributed by atoms with E-state index in [-0.39, 0.29) is 18.5 Å². The van der Waals surface area contributed by atoms with Crippen molar-refractivity contribution in [3.63, 3.8) is 0 Å². The smallest absolute Gasteiger partial charge is 0.330 e. The van der Waals surface area contributed by atoms with Gasteiger partial charge in [0, 0.05) is 12.6 Å². The molecule has 0 spiro atoms. The summed E-state index contributed by atoms with van der Waals surface area (Å²) in [5.74, 6) is -3.34. The minimum atomic E-state index is -4.45. The lowest BCUT2D eigenvalue weighted by atomic mass is 9.96. The molecule has 2 unspecified atom stereocenters. The number of nitrogens with two attached hydrogens (primary N) is 1. The summed E-state index contributed by atoms with van der Waals surface area (Å²) < 4.78 is 48.2. The van der Waals surface area contributed by atoms with Crippen molar-refractivity contribution in [2.24, 2.45) is 11.7 Å². The summed E-state index contributed by atoms with van der Waals surface area (Å²) in [6.45, 7) is 2.10. The predicted octanol–water partition coefficient (Wildman–Crippen LogP) is 0.598. The molecule has 0 aromatic rings.